The molecule has 0 atom stereocenters. The van der Waals surface area contributed by atoms with Gasteiger partial charge in [0.25, 0.3) is 0 Å². The first-order valence-corrected chi connectivity index (χ1v) is 7.41. The van der Waals surface area contributed by atoms with E-state index in [2.05, 4.69) is 20.3 Å². The van der Waals surface area contributed by atoms with E-state index in [1.807, 2.05) is 35.7 Å². The number of hydrogen-bond donors (Lipinski definition) is 1. The second-order valence-electron chi connectivity index (χ2n) is 4.06. The molecule has 22 heavy (non-hydrogen) atoms. The van der Waals surface area contributed by atoms with E-state index in [4.69, 9.17) is 11.6 Å². The highest BCUT2D eigenvalue weighted by Crippen LogP contribution is 2.22. The summed E-state index contributed by atoms with van der Waals surface area (Å²) in [6.45, 7) is 0. The molecule has 1 N–H and O–H groups in total. The van der Waals surface area contributed by atoms with E-state index < -0.39 is 0 Å². The summed E-state index contributed by atoms with van der Waals surface area (Å²) in [7, 11) is 0. The van der Waals surface area contributed by atoms with Crippen LogP contribution < -0.4 is 5.32 Å². The van der Waals surface area contributed by atoms with Crippen LogP contribution in [0.1, 0.15) is 5.56 Å². The fraction of sp³-hybridized carbons (Fsp3) is 0.0714. The van der Waals surface area contributed by atoms with Crippen LogP contribution in [0, 0.1) is 0 Å². The Kier molecular flexibility index (Phi) is 7.55. The maximum Gasteiger partial charge on any atom is 0.141 e. The first-order valence-electron chi connectivity index (χ1n) is 6.00. The summed E-state index contributed by atoms with van der Waals surface area (Å²) in [6.07, 6.45) is 3.52. The summed E-state index contributed by atoms with van der Waals surface area (Å²) < 4.78 is 0. The number of thiazole rings is 1. The Morgan fingerprint density at radius 1 is 1.05 bits per heavy atom. The molecule has 116 valence electrons. The van der Waals surface area contributed by atoms with E-state index in [1.165, 1.54) is 0 Å². The third kappa shape index (κ3) is 4.55. The summed E-state index contributed by atoms with van der Waals surface area (Å²) in [5, 5.41) is 6.01. The van der Waals surface area contributed by atoms with Crippen molar-refractivity contribution < 1.29 is 0 Å². The van der Waals surface area contributed by atoms with Crippen molar-refractivity contribution in [2.75, 3.05) is 5.32 Å². The molecule has 8 heteroatoms. The minimum Gasteiger partial charge on any atom is -0.325 e. The van der Waals surface area contributed by atoms with Crippen LogP contribution in [0.15, 0.2) is 48.1 Å². The summed E-state index contributed by atoms with van der Waals surface area (Å²) in [6, 6.07) is 9.60. The van der Waals surface area contributed by atoms with Crippen molar-refractivity contribution in [2.24, 2.45) is 0 Å². The van der Waals surface area contributed by atoms with Gasteiger partial charge in [0.1, 0.15) is 22.3 Å². The number of halogens is 3. The van der Waals surface area contributed by atoms with Gasteiger partial charge in [0, 0.05) is 23.7 Å². The molecule has 0 aliphatic carbocycles. The number of nitrogens with one attached hydrogen (secondary N) is 1. The van der Waals surface area contributed by atoms with Crippen molar-refractivity contribution >= 4 is 59.4 Å². The van der Waals surface area contributed by atoms with Crippen molar-refractivity contribution in [2.45, 2.75) is 5.88 Å². The van der Waals surface area contributed by atoms with Crippen molar-refractivity contribution in [3.05, 3.63) is 53.7 Å². The Labute approximate surface area is 149 Å². The van der Waals surface area contributed by atoms with E-state index in [0.717, 1.165) is 27.9 Å². The van der Waals surface area contributed by atoms with E-state index in [0.29, 0.717) is 5.88 Å². The summed E-state index contributed by atoms with van der Waals surface area (Å²) in [5.41, 5.74) is 1.84. The fourth-order valence-corrected chi connectivity index (χ4v) is 2.45. The van der Waals surface area contributed by atoms with Gasteiger partial charge in [-0.1, -0.05) is 12.1 Å². The zero-order valence-corrected chi connectivity index (χ0v) is 14.5. The molecule has 0 radical (unpaired) electrons. The lowest BCUT2D eigenvalue weighted by Crippen LogP contribution is -1.97. The minimum atomic E-state index is 0. The molecule has 0 aliphatic rings. The Morgan fingerprint density at radius 2 is 1.91 bits per heavy atom. The van der Waals surface area contributed by atoms with Gasteiger partial charge >= 0.3 is 0 Å². The van der Waals surface area contributed by atoms with E-state index >= 15 is 0 Å². The van der Waals surface area contributed by atoms with Crippen LogP contribution in [0.5, 0.6) is 0 Å². The lowest BCUT2D eigenvalue weighted by Gasteiger charge is -2.06. The first-order chi connectivity index (χ1) is 9.85. The number of alkyl halides is 1. The second-order valence-corrected chi connectivity index (χ2v) is 5.22. The van der Waals surface area contributed by atoms with Crippen LogP contribution in [0.25, 0.3) is 10.7 Å². The van der Waals surface area contributed by atoms with Gasteiger partial charge in [-0.25, -0.2) is 15.0 Å². The molecule has 0 fully saturated rings. The van der Waals surface area contributed by atoms with Gasteiger partial charge in [-0.2, -0.15) is 0 Å². The molecule has 3 aromatic rings. The van der Waals surface area contributed by atoms with Gasteiger partial charge in [-0.3, -0.25) is 0 Å². The normalized spacial score (nSPS) is 9.50. The summed E-state index contributed by atoms with van der Waals surface area (Å²) in [4.78, 5) is 13.1. The van der Waals surface area contributed by atoms with Crippen LogP contribution in [0.4, 0.5) is 11.6 Å². The molecule has 0 bridgehead atoms. The topological polar surface area (TPSA) is 50.7 Å². The van der Waals surface area contributed by atoms with Crippen LogP contribution in [0.2, 0.25) is 0 Å². The van der Waals surface area contributed by atoms with Gasteiger partial charge < -0.3 is 5.32 Å². The zero-order chi connectivity index (χ0) is 13.8. The molecule has 0 spiro atoms. The second kappa shape index (κ2) is 8.90. The fourth-order valence-electron chi connectivity index (χ4n) is 1.68. The van der Waals surface area contributed by atoms with Gasteiger partial charge in [-0.15, -0.1) is 47.8 Å². The Bertz CT molecular complexity index is 690. The van der Waals surface area contributed by atoms with Gasteiger partial charge in [0.15, 0.2) is 0 Å². The largest absolute Gasteiger partial charge is 0.325 e. The van der Waals surface area contributed by atoms with Crippen molar-refractivity contribution in [3.63, 3.8) is 0 Å². The van der Waals surface area contributed by atoms with Crippen molar-refractivity contribution in [1.29, 1.82) is 0 Å². The number of pyridine rings is 2. The standard InChI is InChI=1S/C14H11ClN4S.2ClH/c15-8-10-4-5-12(17-9-10)19-13-3-1-2-11(18-13)14-16-6-7-20-14;;/h1-7,9H,8H2,(H,17,18,19);2*1H. The van der Waals surface area contributed by atoms with E-state index in [1.54, 1.807) is 23.7 Å². The molecule has 0 unspecified atom stereocenters. The van der Waals surface area contributed by atoms with Crippen LogP contribution in [-0.4, -0.2) is 15.0 Å². The predicted molar refractivity (Wildman–Crippen MR) is 96.9 cm³/mol. The molecule has 0 amide bonds. The van der Waals surface area contributed by atoms with Gasteiger partial charge in [-0.05, 0) is 23.8 Å². The summed E-state index contributed by atoms with van der Waals surface area (Å²) in [5.74, 6) is 1.94. The third-order valence-corrected chi connectivity index (χ3v) is 3.74. The van der Waals surface area contributed by atoms with Crippen molar-refractivity contribution in [1.82, 2.24) is 15.0 Å². The SMILES string of the molecule is Cl.Cl.ClCc1ccc(Nc2cccc(-c3nccs3)n2)nc1. The number of aromatic nitrogens is 3. The molecule has 0 saturated carbocycles. The highest BCUT2D eigenvalue weighted by molar-refractivity contribution is 7.13. The molecule has 3 aromatic heterocycles. The number of hydrogen-bond acceptors (Lipinski definition) is 5. The monoisotopic (exact) mass is 374 g/mol. The highest BCUT2D eigenvalue weighted by atomic mass is 35.5. The minimum absolute atomic E-state index is 0. The van der Waals surface area contributed by atoms with Crippen LogP contribution in [0.3, 0.4) is 0 Å². The lowest BCUT2D eigenvalue weighted by molar-refractivity contribution is 1.21. The van der Waals surface area contributed by atoms with Crippen molar-refractivity contribution in [3.8, 4) is 10.7 Å². The summed E-state index contributed by atoms with van der Waals surface area (Å²) >= 11 is 7.30. The Balaban J connectivity index is 0.00000121. The molecule has 4 nitrogen and oxygen atoms in total. The average Bonchev–Trinajstić information content (AvgIpc) is 3.03. The molecule has 3 rings (SSSR count). The maximum atomic E-state index is 5.74. The van der Waals surface area contributed by atoms with E-state index in [-0.39, 0.29) is 24.8 Å². The molecule has 3 heterocycles. The molecular formula is C14H13Cl3N4S. The molecule has 0 aromatic carbocycles. The smallest absolute Gasteiger partial charge is 0.141 e. The zero-order valence-electron chi connectivity index (χ0n) is 11.3. The lowest BCUT2D eigenvalue weighted by atomic mass is 10.3. The third-order valence-electron chi connectivity index (χ3n) is 2.64. The molecule has 0 aliphatic heterocycles. The Morgan fingerprint density at radius 3 is 2.55 bits per heavy atom. The van der Waals surface area contributed by atoms with E-state index in [9.17, 15) is 0 Å². The highest BCUT2D eigenvalue weighted by Gasteiger charge is 2.04. The van der Waals surface area contributed by atoms with Gasteiger partial charge in [0.05, 0.1) is 0 Å². The quantitative estimate of drug-likeness (QED) is 0.657. The average molecular weight is 376 g/mol. The van der Waals surface area contributed by atoms with Crippen LogP contribution >= 0.6 is 47.8 Å². The van der Waals surface area contributed by atoms with Gasteiger partial charge in [0.2, 0.25) is 0 Å². The number of nitrogens with zero attached hydrogens (tertiary/aromatic N) is 3. The maximum absolute atomic E-state index is 5.74. The van der Waals surface area contributed by atoms with Crippen LogP contribution in [-0.2, 0) is 5.88 Å². The first kappa shape index (κ1) is 18.6. The number of anilines is 2. The number of rotatable bonds is 4. The molecular weight excluding hydrogens is 363 g/mol. The molecule has 0 saturated heterocycles. The Hall–Kier alpha value is -1.40. The predicted octanol–water partition coefficient (Wildman–Crippen LogP) is 4.93.